The number of nitrogens with two attached hydrogens (primary N) is 1. The monoisotopic (exact) mass is 283 g/mol. The number of anilines is 2. The van der Waals surface area contributed by atoms with Gasteiger partial charge in [0.15, 0.2) is 0 Å². The summed E-state index contributed by atoms with van der Waals surface area (Å²) in [6, 6.07) is 8.86. The third-order valence-corrected chi connectivity index (χ3v) is 4.69. The van der Waals surface area contributed by atoms with Crippen molar-refractivity contribution in [2.24, 2.45) is 0 Å². The van der Waals surface area contributed by atoms with Crippen LogP contribution in [-0.4, -0.2) is 18.1 Å². The smallest absolute Gasteiger partial charge is 0.0727 e. The van der Waals surface area contributed by atoms with Crippen molar-refractivity contribution in [3.05, 3.63) is 30.0 Å². The molecule has 1 aromatic carbocycles. The van der Waals surface area contributed by atoms with Gasteiger partial charge in [-0.05, 0) is 44.0 Å². The second-order valence-corrected chi connectivity index (χ2v) is 6.32. The van der Waals surface area contributed by atoms with Crippen LogP contribution in [0.25, 0.3) is 10.9 Å². The number of aryl methyl sites for hydroxylation is 1. The summed E-state index contributed by atoms with van der Waals surface area (Å²) in [6.45, 7) is 2.07. The predicted octanol–water partition coefficient (Wildman–Crippen LogP) is 4.28. The first-order valence-electron chi connectivity index (χ1n) is 8.05. The molecule has 3 heteroatoms. The lowest BCUT2D eigenvalue weighted by atomic mass is 10.0. The quantitative estimate of drug-likeness (QED) is 0.660. The van der Waals surface area contributed by atoms with E-state index in [1.807, 2.05) is 12.1 Å². The Morgan fingerprint density at radius 3 is 2.52 bits per heavy atom. The summed E-state index contributed by atoms with van der Waals surface area (Å²) in [6.07, 6.45) is 8.04. The van der Waals surface area contributed by atoms with Gasteiger partial charge in [0.25, 0.3) is 0 Å². The topological polar surface area (TPSA) is 42.1 Å². The van der Waals surface area contributed by atoms with Gasteiger partial charge >= 0.3 is 0 Å². The number of nitrogen functional groups attached to an aromatic ring is 1. The lowest BCUT2D eigenvalue weighted by Crippen LogP contribution is -2.31. The Balaban J connectivity index is 2.03. The maximum atomic E-state index is 5.99. The third kappa shape index (κ3) is 2.97. The van der Waals surface area contributed by atoms with E-state index in [1.54, 1.807) is 0 Å². The van der Waals surface area contributed by atoms with Crippen molar-refractivity contribution in [1.29, 1.82) is 0 Å². The van der Waals surface area contributed by atoms with Gasteiger partial charge in [0, 0.05) is 35.5 Å². The van der Waals surface area contributed by atoms with E-state index in [-0.39, 0.29) is 0 Å². The molecule has 112 valence electrons. The maximum Gasteiger partial charge on any atom is 0.0727 e. The zero-order valence-electron chi connectivity index (χ0n) is 13.1. The molecule has 3 nitrogen and oxygen atoms in total. The highest BCUT2D eigenvalue weighted by molar-refractivity contribution is 5.94. The zero-order chi connectivity index (χ0) is 14.8. The highest BCUT2D eigenvalue weighted by atomic mass is 15.1. The van der Waals surface area contributed by atoms with Gasteiger partial charge in [0.1, 0.15) is 0 Å². The minimum Gasteiger partial charge on any atom is -0.399 e. The molecular weight excluding hydrogens is 258 g/mol. The number of benzene rings is 1. The second kappa shape index (κ2) is 5.92. The van der Waals surface area contributed by atoms with Gasteiger partial charge in [-0.2, -0.15) is 0 Å². The van der Waals surface area contributed by atoms with Gasteiger partial charge in [-0.15, -0.1) is 0 Å². The number of nitrogens with zero attached hydrogens (tertiary/aromatic N) is 2. The molecule has 1 aromatic heterocycles. The van der Waals surface area contributed by atoms with Crippen LogP contribution in [0, 0.1) is 6.92 Å². The molecule has 2 N–H and O–H groups in total. The maximum absolute atomic E-state index is 5.99. The van der Waals surface area contributed by atoms with E-state index in [9.17, 15) is 0 Å². The van der Waals surface area contributed by atoms with E-state index >= 15 is 0 Å². The number of aromatic nitrogens is 1. The predicted molar refractivity (Wildman–Crippen MR) is 90.8 cm³/mol. The minimum atomic E-state index is 0.638. The molecule has 2 aromatic rings. The normalized spacial score (nSPS) is 16.9. The molecule has 0 amide bonds. The van der Waals surface area contributed by atoms with Crippen molar-refractivity contribution in [2.75, 3.05) is 17.7 Å². The molecule has 1 aliphatic carbocycles. The Kier molecular flexibility index (Phi) is 4.00. The number of pyridine rings is 1. The molecule has 0 saturated heterocycles. The van der Waals surface area contributed by atoms with Gasteiger partial charge in [0.05, 0.1) is 5.52 Å². The first-order chi connectivity index (χ1) is 10.1. The summed E-state index contributed by atoms with van der Waals surface area (Å²) in [5.74, 6) is 0. The van der Waals surface area contributed by atoms with Crippen molar-refractivity contribution >= 4 is 22.3 Å². The fourth-order valence-electron chi connectivity index (χ4n) is 3.49. The highest BCUT2D eigenvalue weighted by Crippen LogP contribution is 2.32. The average molecular weight is 283 g/mol. The molecule has 0 unspecified atom stereocenters. The van der Waals surface area contributed by atoms with E-state index in [1.165, 1.54) is 49.6 Å². The van der Waals surface area contributed by atoms with Gasteiger partial charge in [-0.1, -0.05) is 25.7 Å². The van der Waals surface area contributed by atoms with Crippen molar-refractivity contribution < 1.29 is 0 Å². The fraction of sp³-hybridized carbons (Fsp3) is 0.500. The molecule has 21 heavy (non-hydrogen) atoms. The van der Waals surface area contributed by atoms with Gasteiger partial charge in [0.2, 0.25) is 0 Å². The van der Waals surface area contributed by atoms with E-state index in [0.717, 1.165) is 16.9 Å². The zero-order valence-corrected chi connectivity index (χ0v) is 13.1. The van der Waals surface area contributed by atoms with Crippen LogP contribution in [0.15, 0.2) is 24.3 Å². The molecule has 1 fully saturated rings. The van der Waals surface area contributed by atoms with Crippen molar-refractivity contribution in [2.45, 2.75) is 51.5 Å². The molecule has 1 saturated carbocycles. The van der Waals surface area contributed by atoms with Crippen LogP contribution in [0.3, 0.4) is 0 Å². The van der Waals surface area contributed by atoms with Gasteiger partial charge < -0.3 is 10.6 Å². The largest absolute Gasteiger partial charge is 0.399 e. The van der Waals surface area contributed by atoms with E-state index < -0.39 is 0 Å². The summed E-state index contributed by atoms with van der Waals surface area (Å²) in [5, 5.41) is 1.17. The van der Waals surface area contributed by atoms with E-state index in [2.05, 4.69) is 36.0 Å². The van der Waals surface area contributed by atoms with Crippen LogP contribution in [0.2, 0.25) is 0 Å². The molecule has 0 atom stereocenters. The summed E-state index contributed by atoms with van der Waals surface area (Å²) in [5.41, 5.74) is 10.2. The molecule has 0 radical (unpaired) electrons. The average Bonchev–Trinajstić information content (AvgIpc) is 2.75. The Morgan fingerprint density at radius 1 is 1.10 bits per heavy atom. The van der Waals surface area contributed by atoms with E-state index in [0.29, 0.717) is 6.04 Å². The lowest BCUT2D eigenvalue weighted by molar-refractivity contribution is 0.554. The summed E-state index contributed by atoms with van der Waals surface area (Å²) in [7, 11) is 2.23. The van der Waals surface area contributed by atoms with E-state index in [4.69, 9.17) is 5.73 Å². The summed E-state index contributed by atoms with van der Waals surface area (Å²) in [4.78, 5) is 7.10. The summed E-state index contributed by atoms with van der Waals surface area (Å²) >= 11 is 0. The molecule has 0 bridgehead atoms. The number of hydrogen-bond acceptors (Lipinski definition) is 3. The standard InChI is InChI=1S/C18H25N3/c1-13-11-18(16-12-14(19)9-10-17(16)20-13)21(2)15-7-5-3-4-6-8-15/h9-12,15H,3-8,19H2,1-2H3. The summed E-state index contributed by atoms with van der Waals surface area (Å²) < 4.78 is 0. The fourth-order valence-corrected chi connectivity index (χ4v) is 3.49. The number of hydrogen-bond donors (Lipinski definition) is 1. The van der Waals surface area contributed by atoms with Crippen molar-refractivity contribution in [3.63, 3.8) is 0 Å². The third-order valence-electron chi connectivity index (χ3n) is 4.69. The number of fused-ring (bicyclic) bond motifs is 1. The van der Waals surface area contributed by atoms with Crippen LogP contribution < -0.4 is 10.6 Å². The van der Waals surface area contributed by atoms with Crippen LogP contribution in [0.1, 0.15) is 44.2 Å². The number of rotatable bonds is 2. The van der Waals surface area contributed by atoms with Crippen molar-refractivity contribution in [3.8, 4) is 0 Å². The first-order valence-corrected chi connectivity index (χ1v) is 8.05. The van der Waals surface area contributed by atoms with Crippen LogP contribution in [0.4, 0.5) is 11.4 Å². The Labute approximate surface area is 127 Å². The van der Waals surface area contributed by atoms with Crippen LogP contribution >= 0.6 is 0 Å². The molecule has 0 aliphatic heterocycles. The van der Waals surface area contributed by atoms with Crippen LogP contribution in [0.5, 0.6) is 0 Å². The second-order valence-electron chi connectivity index (χ2n) is 6.32. The first kappa shape index (κ1) is 14.2. The van der Waals surface area contributed by atoms with Crippen molar-refractivity contribution in [1.82, 2.24) is 4.98 Å². The van der Waals surface area contributed by atoms with Gasteiger partial charge in [-0.25, -0.2) is 0 Å². The molecule has 1 aliphatic rings. The Morgan fingerprint density at radius 2 is 1.81 bits per heavy atom. The Bertz CT molecular complexity index is 628. The molecular formula is C18H25N3. The van der Waals surface area contributed by atoms with Crippen LogP contribution in [-0.2, 0) is 0 Å². The minimum absolute atomic E-state index is 0.638. The molecule has 3 rings (SSSR count). The molecule has 0 spiro atoms. The SMILES string of the molecule is Cc1cc(N(C)C2CCCCCC2)c2cc(N)ccc2n1. The highest BCUT2D eigenvalue weighted by Gasteiger charge is 2.19. The lowest BCUT2D eigenvalue weighted by Gasteiger charge is -2.30. The van der Waals surface area contributed by atoms with Gasteiger partial charge in [-0.3, -0.25) is 4.98 Å². The Hall–Kier alpha value is -1.77. The molecule has 1 heterocycles.